The summed E-state index contributed by atoms with van der Waals surface area (Å²) in [5.74, 6) is -0.975. The van der Waals surface area contributed by atoms with E-state index in [1.807, 2.05) is 0 Å². The Bertz CT molecular complexity index is 183. The van der Waals surface area contributed by atoms with Crippen LogP contribution in [0.3, 0.4) is 0 Å². The van der Waals surface area contributed by atoms with E-state index in [1.54, 1.807) is 0 Å². The topological polar surface area (TPSA) is 52.6 Å². The molecule has 4 heteroatoms. The van der Waals surface area contributed by atoms with Gasteiger partial charge in [-0.25, -0.2) is 0 Å². The van der Waals surface area contributed by atoms with Crippen molar-refractivity contribution in [1.29, 1.82) is 0 Å². The summed E-state index contributed by atoms with van der Waals surface area (Å²) in [6.07, 6.45) is 1.56. The molecule has 2 rings (SSSR count). The van der Waals surface area contributed by atoms with E-state index in [1.165, 1.54) is 4.90 Å². The highest BCUT2D eigenvalue weighted by molar-refractivity contribution is 5.81. The first-order chi connectivity index (χ1) is 4.72. The average Bonchev–Trinajstić information content (AvgIpc) is 2.35. The van der Waals surface area contributed by atoms with Gasteiger partial charge < -0.3 is 10.0 Å². The first-order valence-corrected chi connectivity index (χ1v) is 3.50. The molecule has 2 heterocycles. The van der Waals surface area contributed by atoms with Crippen LogP contribution in [0, 0.1) is 0 Å². The van der Waals surface area contributed by atoms with Crippen LogP contribution in [0.4, 0.5) is 0 Å². The van der Waals surface area contributed by atoms with E-state index in [9.17, 15) is 9.90 Å². The van der Waals surface area contributed by atoms with Gasteiger partial charge in [-0.1, -0.05) is 0 Å². The van der Waals surface area contributed by atoms with Crippen LogP contribution < -0.4 is 5.32 Å². The number of nitrogens with one attached hydrogen (secondary N) is 1. The van der Waals surface area contributed by atoms with Crippen molar-refractivity contribution in [3.05, 3.63) is 0 Å². The van der Waals surface area contributed by atoms with Gasteiger partial charge >= 0.3 is 0 Å². The minimum atomic E-state index is -0.989. The Morgan fingerprint density at radius 3 is 3.20 bits per heavy atom. The minimum absolute atomic E-state index is 0.0139. The SMILES string of the molecule is O=C1CN[C@@]2(O)CCCN12. The first kappa shape index (κ1) is 6.12. The fraction of sp³-hybridized carbons (Fsp3) is 0.833. The first-order valence-electron chi connectivity index (χ1n) is 3.50. The third-order valence-corrected chi connectivity index (χ3v) is 2.18. The van der Waals surface area contributed by atoms with Gasteiger partial charge in [0.25, 0.3) is 0 Å². The number of hydrogen-bond acceptors (Lipinski definition) is 3. The monoisotopic (exact) mass is 142 g/mol. The number of carbonyl (C=O) groups is 1. The zero-order valence-corrected chi connectivity index (χ0v) is 5.63. The van der Waals surface area contributed by atoms with Crippen molar-refractivity contribution < 1.29 is 9.90 Å². The second kappa shape index (κ2) is 1.71. The van der Waals surface area contributed by atoms with E-state index in [4.69, 9.17) is 0 Å². The average molecular weight is 142 g/mol. The lowest BCUT2D eigenvalue weighted by Gasteiger charge is -2.24. The molecule has 1 amide bonds. The third kappa shape index (κ3) is 0.602. The molecule has 10 heavy (non-hydrogen) atoms. The van der Waals surface area contributed by atoms with Gasteiger partial charge in [0.2, 0.25) is 5.91 Å². The Balaban J connectivity index is 2.27. The number of carbonyl (C=O) groups excluding carboxylic acids is 1. The van der Waals surface area contributed by atoms with Gasteiger partial charge in [0.15, 0.2) is 5.85 Å². The lowest BCUT2D eigenvalue weighted by Crippen LogP contribution is -2.47. The van der Waals surface area contributed by atoms with Crippen molar-refractivity contribution in [2.75, 3.05) is 13.1 Å². The van der Waals surface area contributed by atoms with E-state index >= 15 is 0 Å². The van der Waals surface area contributed by atoms with Gasteiger partial charge in [-0.15, -0.1) is 0 Å². The maximum atomic E-state index is 11.0. The summed E-state index contributed by atoms with van der Waals surface area (Å²) in [5.41, 5.74) is 0. The number of fused-ring (bicyclic) bond motifs is 1. The van der Waals surface area contributed by atoms with Crippen LogP contribution >= 0.6 is 0 Å². The molecule has 2 fully saturated rings. The van der Waals surface area contributed by atoms with Crippen LogP contribution in [-0.4, -0.2) is 34.9 Å². The van der Waals surface area contributed by atoms with Gasteiger partial charge in [-0.2, -0.15) is 0 Å². The van der Waals surface area contributed by atoms with Crippen molar-refractivity contribution >= 4 is 5.91 Å². The molecule has 0 aromatic carbocycles. The molecule has 4 nitrogen and oxygen atoms in total. The van der Waals surface area contributed by atoms with E-state index in [-0.39, 0.29) is 12.5 Å². The molecular weight excluding hydrogens is 132 g/mol. The van der Waals surface area contributed by atoms with Crippen molar-refractivity contribution in [3.63, 3.8) is 0 Å². The molecular formula is C6H10N2O2. The fourth-order valence-corrected chi connectivity index (χ4v) is 1.63. The molecule has 56 valence electrons. The molecule has 0 aromatic heterocycles. The minimum Gasteiger partial charge on any atom is -0.358 e. The molecule has 0 saturated carbocycles. The number of aliphatic hydroxyl groups is 1. The predicted molar refractivity (Wildman–Crippen MR) is 33.9 cm³/mol. The molecule has 0 aliphatic carbocycles. The summed E-state index contributed by atoms with van der Waals surface area (Å²) in [6, 6.07) is 0. The maximum Gasteiger partial charge on any atom is 0.239 e. The standard InChI is InChI=1S/C6H10N2O2/c9-5-4-7-6(10)2-1-3-8(5)6/h7,10H,1-4H2/t6-/m0/s1. The van der Waals surface area contributed by atoms with Crippen molar-refractivity contribution in [2.24, 2.45) is 0 Å². The number of rotatable bonds is 0. The summed E-state index contributed by atoms with van der Waals surface area (Å²) in [7, 11) is 0. The van der Waals surface area contributed by atoms with Crippen molar-refractivity contribution in [2.45, 2.75) is 18.7 Å². The third-order valence-electron chi connectivity index (χ3n) is 2.18. The van der Waals surface area contributed by atoms with Gasteiger partial charge in [-0.05, 0) is 6.42 Å². The summed E-state index contributed by atoms with van der Waals surface area (Å²) in [4.78, 5) is 12.5. The highest BCUT2D eigenvalue weighted by Gasteiger charge is 2.46. The second-order valence-electron chi connectivity index (χ2n) is 2.82. The van der Waals surface area contributed by atoms with E-state index in [0.29, 0.717) is 13.0 Å². The lowest BCUT2D eigenvalue weighted by molar-refractivity contribution is -0.139. The Hall–Kier alpha value is -0.610. The Kier molecular flexibility index (Phi) is 1.04. The predicted octanol–water partition coefficient (Wildman–Crippen LogP) is -1.14. The van der Waals surface area contributed by atoms with Crippen LogP contribution in [0.5, 0.6) is 0 Å². The Morgan fingerprint density at radius 2 is 2.50 bits per heavy atom. The van der Waals surface area contributed by atoms with Gasteiger partial charge in [0.1, 0.15) is 0 Å². The van der Waals surface area contributed by atoms with Crippen LogP contribution in [-0.2, 0) is 4.79 Å². The van der Waals surface area contributed by atoms with Gasteiger partial charge in [0.05, 0.1) is 6.54 Å². The number of amides is 1. The zero-order valence-electron chi connectivity index (χ0n) is 5.63. The smallest absolute Gasteiger partial charge is 0.239 e. The molecule has 2 N–H and O–H groups in total. The fourth-order valence-electron chi connectivity index (χ4n) is 1.63. The van der Waals surface area contributed by atoms with E-state index in [0.717, 1.165) is 6.42 Å². The number of hydrogen-bond donors (Lipinski definition) is 2. The van der Waals surface area contributed by atoms with Crippen LogP contribution in [0.25, 0.3) is 0 Å². The van der Waals surface area contributed by atoms with E-state index < -0.39 is 5.85 Å². The quantitative estimate of drug-likeness (QED) is 0.449. The highest BCUT2D eigenvalue weighted by Crippen LogP contribution is 2.27. The molecule has 0 spiro atoms. The summed E-state index contributed by atoms with van der Waals surface area (Å²) in [6.45, 7) is 0.985. The lowest BCUT2D eigenvalue weighted by atomic mass is 10.3. The highest BCUT2D eigenvalue weighted by atomic mass is 16.3. The molecule has 0 unspecified atom stereocenters. The normalized spacial score (nSPS) is 38.9. The summed E-state index contributed by atoms with van der Waals surface area (Å²) >= 11 is 0. The zero-order chi connectivity index (χ0) is 7.19. The van der Waals surface area contributed by atoms with Crippen LogP contribution in [0.2, 0.25) is 0 Å². The van der Waals surface area contributed by atoms with E-state index in [2.05, 4.69) is 5.32 Å². The van der Waals surface area contributed by atoms with Gasteiger partial charge in [0, 0.05) is 13.0 Å². The molecule has 2 aliphatic heterocycles. The molecule has 0 aromatic rings. The maximum absolute atomic E-state index is 11.0. The molecule has 2 aliphatic rings. The second-order valence-corrected chi connectivity index (χ2v) is 2.82. The van der Waals surface area contributed by atoms with Crippen LogP contribution in [0.1, 0.15) is 12.8 Å². The Morgan fingerprint density at radius 1 is 1.70 bits per heavy atom. The molecule has 0 radical (unpaired) electrons. The molecule has 0 bridgehead atoms. The molecule has 1 atom stereocenters. The Labute approximate surface area is 58.8 Å². The number of nitrogens with zero attached hydrogens (tertiary/aromatic N) is 1. The largest absolute Gasteiger partial charge is 0.358 e. The van der Waals surface area contributed by atoms with Crippen LogP contribution in [0.15, 0.2) is 0 Å². The summed E-state index contributed by atoms with van der Waals surface area (Å²) < 4.78 is 0. The summed E-state index contributed by atoms with van der Waals surface area (Å²) in [5, 5.41) is 12.4. The van der Waals surface area contributed by atoms with Crippen molar-refractivity contribution in [3.8, 4) is 0 Å². The van der Waals surface area contributed by atoms with Crippen molar-refractivity contribution in [1.82, 2.24) is 10.2 Å². The van der Waals surface area contributed by atoms with Gasteiger partial charge in [-0.3, -0.25) is 10.1 Å². The molecule has 2 saturated heterocycles.